The van der Waals surface area contributed by atoms with Crippen molar-refractivity contribution in [1.82, 2.24) is 4.90 Å². The SMILES string of the molecule is CC(N)CN(C)CC(=O)Nc1ccccc1. The minimum atomic E-state index is -0.0191. The zero-order chi connectivity index (χ0) is 12.0. The summed E-state index contributed by atoms with van der Waals surface area (Å²) in [5.74, 6) is -0.0191. The number of nitrogens with zero attached hydrogens (tertiary/aromatic N) is 1. The predicted octanol–water partition coefficient (Wildman–Crippen LogP) is 0.904. The third-order valence-corrected chi connectivity index (χ3v) is 2.07. The highest BCUT2D eigenvalue weighted by molar-refractivity contribution is 5.92. The van der Waals surface area contributed by atoms with Gasteiger partial charge in [0.05, 0.1) is 6.54 Å². The van der Waals surface area contributed by atoms with E-state index in [9.17, 15) is 4.79 Å². The van der Waals surface area contributed by atoms with Crippen LogP contribution in [0.1, 0.15) is 6.92 Å². The second kappa shape index (κ2) is 6.25. The predicted molar refractivity (Wildman–Crippen MR) is 66.2 cm³/mol. The standard InChI is InChI=1S/C12H19N3O/c1-10(13)8-15(2)9-12(16)14-11-6-4-3-5-7-11/h3-7,10H,8-9,13H2,1-2H3,(H,14,16). The maximum absolute atomic E-state index is 11.6. The highest BCUT2D eigenvalue weighted by Crippen LogP contribution is 2.04. The Hall–Kier alpha value is -1.39. The van der Waals surface area contributed by atoms with E-state index in [0.29, 0.717) is 13.1 Å². The molecule has 1 amide bonds. The number of likely N-dealkylation sites (N-methyl/N-ethyl adjacent to an activating group) is 1. The van der Waals surface area contributed by atoms with Gasteiger partial charge in [0.2, 0.25) is 5.91 Å². The van der Waals surface area contributed by atoms with E-state index in [-0.39, 0.29) is 11.9 Å². The van der Waals surface area contributed by atoms with E-state index in [1.54, 1.807) is 0 Å². The molecule has 0 saturated heterocycles. The molecular weight excluding hydrogens is 202 g/mol. The number of nitrogens with two attached hydrogens (primary N) is 1. The van der Waals surface area contributed by atoms with Gasteiger partial charge in [-0.1, -0.05) is 18.2 Å². The van der Waals surface area contributed by atoms with Gasteiger partial charge in [-0.25, -0.2) is 0 Å². The Balaban J connectivity index is 2.36. The highest BCUT2D eigenvalue weighted by Gasteiger charge is 2.07. The molecule has 0 fully saturated rings. The Morgan fingerprint density at radius 3 is 2.62 bits per heavy atom. The number of hydrogen-bond donors (Lipinski definition) is 2. The fourth-order valence-electron chi connectivity index (χ4n) is 1.52. The van der Waals surface area contributed by atoms with E-state index in [0.717, 1.165) is 5.69 Å². The number of carbonyl (C=O) groups is 1. The maximum atomic E-state index is 11.6. The maximum Gasteiger partial charge on any atom is 0.238 e. The normalized spacial score (nSPS) is 12.5. The van der Waals surface area contributed by atoms with Crippen LogP contribution in [-0.4, -0.2) is 37.0 Å². The minimum Gasteiger partial charge on any atom is -0.327 e. The molecule has 0 aliphatic rings. The molecule has 4 nitrogen and oxygen atoms in total. The van der Waals surface area contributed by atoms with Gasteiger partial charge in [0.15, 0.2) is 0 Å². The van der Waals surface area contributed by atoms with Crippen LogP contribution in [0.5, 0.6) is 0 Å². The number of anilines is 1. The second-order valence-electron chi connectivity index (χ2n) is 4.09. The molecule has 0 aliphatic carbocycles. The quantitative estimate of drug-likeness (QED) is 0.777. The monoisotopic (exact) mass is 221 g/mol. The smallest absolute Gasteiger partial charge is 0.238 e. The fraction of sp³-hybridized carbons (Fsp3) is 0.417. The lowest BCUT2D eigenvalue weighted by Crippen LogP contribution is -2.37. The first-order chi connectivity index (χ1) is 7.58. The summed E-state index contributed by atoms with van der Waals surface area (Å²) in [6.07, 6.45) is 0. The molecule has 1 atom stereocenters. The Morgan fingerprint density at radius 1 is 1.44 bits per heavy atom. The molecule has 0 saturated carbocycles. The molecule has 0 aliphatic heterocycles. The lowest BCUT2D eigenvalue weighted by atomic mass is 10.3. The molecule has 3 N–H and O–H groups in total. The zero-order valence-electron chi connectivity index (χ0n) is 9.81. The van der Waals surface area contributed by atoms with Crippen molar-refractivity contribution >= 4 is 11.6 Å². The van der Waals surface area contributed by atoms with Gasteiger partial charge in [-0.15, -0.1) is 0 Å². The van der Waals surface area contributed by atoms with Crippen LogP contribution in [0.2, 0.25) is 0 Å². The van der Waals surface area contributed by atoms with E-state index in [1.807, 2.05) is 49.2 Å². The molecule has 1 aromatic carbocycles. The highest BCUT2D eigenvalue weighted by atomic mass is 16.2. The zero-order valence-corrected chi connectivity index (χ0v) is 9.81. The molecule has 1 rings (SSSR count). The number of nitrogens with one attached hydrogen (secondary N) is 1. The van der Waals surface area contributed by atoms with Gasteiger partial charge in [-0.05, 0) is 26.1 Å². The topological polar surface area (TPSA) is 58.4 Å². The van der Waals surface area contributed by atoms with Crippen LogP contribution in [0.3, 0.4) is 0 Å². The van der Waals surface area contributed by atoms with E-state index >= 15 is 0 Å². The van der Waals surface area contributed by atoms with Crippen LogP contribution in [0, 0.1) is 0 Å². The molecule has 0 spiro atoms. The summed E-state index contributed by atoms with van der Waals surface area (Å²) in [6, 6.07) is 9.50. The van der Waals surface area contributed by atoms with Gasteiger partial charge >= 0.3 is 0 Å². The summed E-state index contributed by atoms with van der Waals surface area (Å²) in [6.45, 7) is 2.99. The number of amides is 1. The Morgan fingerprint density at radius 2 is 2.06 bits per heavy atom. The summed E-state index contributed by atoms with van der Waals surface area (Å²) in [5.41, 5.74) is 6.47. The summed E-state index contributed by atoms with van der Waals surface area (Å²) in [5, 5.41) is 2.82. The molecular formula is C12H19N3O. The van der Waals surface area contributed by atoms with Crippen molar-refractivity contribution in [3.63, 3.8) is 0 Å². The van der Waals surface area contributed by atoms with Crippen molar-refractivity contribution in [2.75, 3.05) is 25.5 Å². The van der Waals surface area contributed by atoms with Crippen LogP contribution in [-0.2, 0) is 4.79 Å². The van der Waals surface area contributed by atoms with Crippen LogP contribution in [0.4, 0.5) is 5.69 Å². The Labute approximate surface area is 96.4 Å². The van der Waals surface area contributed by atoms with E-state index in [4.69, 9.17) is 5.73 Å². The lowest BCUT2D eigenvalue weighted by Gasteiger charge is -2.18. The van der Waals surface area contributed by atoms with E-state index in [2.05, 4.69) is 5.32 Å². The largest absolute Gasteiger partial charge is 0.327 e. The first kappa shape index (κ1) is 12.7. The van der Waals surface area contributed by atoms with Gasteiger partial charge in [0, 0.05) is 18.3 Å². The van der Waals surface area contributed by atoms with Gasteiger partial charge < -0.3 is 11.1 Å². The van der Waals surface area contributed by atoms with Crippen molar-refractivity contribution in [3.8, 4) is 0 Å². The van der Waals surface area contributed by atoms with Crippen LogP contribution in [0.15, 0.2) is 30.3 Å². The number of hydrogen-bond acceptors (Lipinski definition) is 3. The number of benzene rings is 1. The van der Waals surface area contributed by atoms with E-state index < -0.39 is 0 Å². The van der Waals surface area contributed by atoms with Crippen molar-refractivity contribution in [3.05, 3.63) is 30.3 Å². The fourth-order valence-corrected chi connectivity index (χ4v) is 1.52. The second-order valence-corrected chi connectivity index (χ2v) is 4.09. The molecule has 0 aromatic heterocycles. The molecule has 0 radical (unpaired) electrons. The summed E-state index contributed by atoms with van der Waals surface area (Å²) in [4.78, 5) is 13.5. The van der Waals surface area contributed by atoms with Crippen LogP contribution >= 0.6 is 0 Å². The van der Waals surface area contributed by atoms with Crippen LogP contribution in [0.25, 0.3) is 0 Å². The summed E-state index contributed by atoms with van der Waals surface area (Å²) >= 11 is 0. The molecule has 88 valence electrons. The molecule has 0 heterocycles. The number of rotatable bonds is 5. The summed E-state index contributed by atoms with van der Waals surface area (Å²) in [7, 11) is 1.88. The Kier molecular flexibility index (Phi) is 4.95. The molecule has 1 aromatic rings. The average molecular weight is 221 g/mol. The van der Waals surface area contributed by atoms with Crippen LogP contribution < -0.4 is 11.1 Å². The van der Waals surface area contributed by atoms with Gasteiger partial charge in [-0.2, -0.15) is 0 Å². The van der Waals surface area contributed by atoms with Crippen molar-refractivity contribution in [2.45, 2.75) is 13.0 Å². The Bertz CT molecular complexity index is 324. The van der Waals surface area contributed by atoms with Crippen molar-refractivity contribution in [2.24, 2.45) is 5.73 Å². The molecule has 16 heavy (non-hydrogen) atoms. The number of para-hydroxylation sites is 1. The molecule has 1 unspecified atom stereocenters. The third kappa shape index (κ3) is 4.91. The van der Waals surface area contributed by atoms with Gasteiger partial charge in [0.25, 0.3) is 0 Å². The average Bonchev–Trinajstić information content (AvgIpc) is 2.17. The first-order valence-corrected chi connectivity index (χ1v) is 5.37. The molecule has 4 heteroatoms. The van der Waals surface area contributed by atoms with Crippen molar-refractivity contribution in [1.29, 1.82) is 0 Å². The minimum absolute atomic E-state index is 0.0191. The summed E-state index contributed by atoms with van der Waals surface area (Å²) < 4.78 is 0. The van der Waals surface area contributed by atoms with Gasteiger partial charge in [0.1, 0.15) is 0 Å². The van der Waals surface area contributed by atoms with E-state index in [1.165, 1.54) is 0 Å². The lowest BCUT2D eigenvalue weighted by molar-refractivity contribution is -0.117. The van der Waals surface area contributed by atoms with Crippen molar-refractivity contribution < 1.29 is 4.79 Å². The molecule has 0 bridgehead atoms. The first-order valence-electron chi connectivity index (χ1n) is 5.37. The third-order valence-electron chi connectivity index (χ3n) is 2.07. The number of carbonyl (C=O) groups excluding carboxylic acids is 1. The van der Waals surface area contributed by atoms with Gasteiger partial charge in [-0.3, -0.25) is 9.69 Å².